The lowest BCUT2D eigenvalue weighted by Gasteiger charge is -2.01. The van der Waals surface area contributed by atoms with Crippen LogP contribution in [0.3, 0.4) is 0 Å². The first-order chi connectivity index (χ1) is 4.84. The number of rotatable bonds is 1. The Labute approximate surface area is 60.1 Å². The number of hydrogen-bond acceptors (Lipinski definition) is 2. The smallest absolute Gasteiger partial charge is 0.0919 e. The molecule has 1 atom stereocenters. The molecule has 0 aliphatic carbocycles. The summed E-state index contributed by atoms with van der Waals surface area (Å²) in [5.41, 5.74) is 6.46. The van der Waals surface area contributed by atoms with Crippen molar-refractivity contribution in [3.05, 3.63) is 30.1 Å². The van der Waals surface area contributed by atoms with Crippen molar-refractivity contribution in [2.75, 3.05) is 0 Å². The Balaban J connectivity index is 2.88. The topological polar surface area (TPSA) is 38.9 Å². The normalized spacial score (nSPS) is 12.0. The first-order valence-corrected chi connectivity index (χ1v) is 2.96. The summed E-state index contributed by atoms with van der Waals surface area (Å²) >= 11 is 0. The van der Waals surface area contributed by atoms with Crippen LogP contribution in [0.4, 0.5) is 0 Å². The fraction of sp³-hybridized carbons (Fsp3) is 0.125. The molecule has 0 saturated carbocycles. The van der Waals surface area contributed by atoms with Crippen molar-refractivity contribution in [1.82, 2.24) is 4.98 Å². The van der Waals surface area contributed by atoms with Crippen molar-refractivity contribution >= 4 is 0 Å². The van der Waals surface area contributed by atoms with Gasteiger partial charge in [0.2, 0.25) is 0 Å². The zero-order valence-corrected chi connectivity index (χ0v) is 5.49. The number of hydrogen-bond donors (Lipinski definition) is 1. The summed E-state index contributed by atoms with van der Waals surface area (Å²) in [5, 5.41) is 0. The van der Waals surface area contributed by atoms with Crippen molar-refractivity contribution < 1.29 is 0 Å². The van der Waals surface area contributed by atoms with Gasteiger partial charge in [-0.1, -0.05) is 5.92 Å². The van der Waals surface area contributed by atoms with Gasteiger partial charge in [0.1, 0.15) is 0 Å². The molecule has 1 heterocycles. The van der Waals surface area contributed by atoms with Gasteiger partial charge in [-0.25, -0.2) is 0 Å². The highest BCUT2D eigenvalue weighted by Gasteiger charge is 1.97. The molecule has 2 nitrogen and oxygen atoms in total. The Morgan fingerprint density at radius 1 is 1.50 bits per heavy atom. The number of nitrogens with zero attached hydrogens (tertiary/aromatic N) is 1. The summed E-state index contributed by atoms with van der Waals surface area (Å²) in [4.78, 5) is 3.84. The molecule has 0 aliphatic rings. The molecule has 1 rings (SSSR count). The zero-order chi connectivity index (χ0) is 7.40. The molecular weight excluding hydrogens is 124 g/mol. The summed E-state index contributed by atoms with van der Waals surface area (Å²) in [6.07, 6.45) is 8.45. The van der Waals surface area contributed by atoms with Gasteiger partial charge in [-0.05, 0) is 17.7 Å². The van der Waals surface area contributed by atoms with Gasteiger partial charge >= 0.3 is 0 Å². The molecule has 0 fully saturated rings. The molecule has 0 amide bonds. The minimum absolute atomic E-state index is 0.303. The molecule has 0 unspecified atom stereocenters. The average molecular weight is 132 g/mol. The van der Waals surface area contributed by atoms with Crippen molar-refractivity contribution in [3.63, 3.8) is 0 Å². The first-order valence-electron chi connectivity index (χ1n) is 2.96. The summed E-state index contributed by atoms with van der Waals surface area (Å²) in [5.74, 6) is 2.43. The van der Waals surface area contributed by atoms with Gasteiger partial charge in [0.15, 0.2) is 0 Å². The highest BCUT2D eigenvalue weighted by Crippen LogP contribution is 2.05. The predicted octanol–water partition coefficient (Wildman–Crippen LogP) is 0.715. The van der Waals surface area contributed by atoms with Crippen LogP contribution in [-0.2, 0) is 0 Å². The number of pyridine rings is 1. The highest BCUT2D eigenvalue weighted by atomic mass is 14.6. The van der Waals surface area contributed by atoms with Gasteiger partial charge in [0.05, 0.1) is 6.04 Å². The quantitative estimate of drug-likeness (QED) is 0.572. The van der Waals surface area contributed by atoms with Gasteiger partial charge in [-0.2, -0.15) is 0 Å². The third kappa shape index (κ3) is 1.34. The van der Waals surface area contributed by atoms with Gasteiger partial charge in [-0.15, -0.1) is 6.42 Å². The highest BCUT2D eigenvalue weighted by molar-refractivity contribution is 5.21. The lowest BCUT2D eigenvalue weighted by atomic mass is 10.1. The molecule has 2 N–H and O–H groups in total. The summed E-state index contributed by atoms with van der Waals surface area (Å²) < 4.78 is 0. The number of aromatic nitrogens is 1. The molecule has 10 heavy (non-hydrogen) atoms. The lowest BCUT2D eigenvalue weighted by Crippen LogP contribution is -2.06. The molecule has 0 bridgehead atoms. The summed E-state index contributed by atoms with van der Waals surface area (Å²) in [7, 11) is 0. The molecule has 1 aromatic rings. The monoisotopic (exact) mass is 132 g/mol. The number of terminal acetylenes is 1. The van der Waals surface area contributed by atoms with Crippen LogP contribution in [-0.4, -0.2) is 4.98 Å². The molecule has 0 aromatic carbocycles. The van der Waals surface area contributed by atoms with Crippen molar-refractivity contribution in [1.29, 1.82) is 0 Å². The van der Waals surface area contributed by atoms with E-state index >= 15 is 0 Å². The van der Waals surface area contributed by atoms with Crippen LogP contribution in [0.25, 0.3) is 0 Å². The largest absolute Gasteiger partial charge is 0.314 e. The minimum Gasteiger partial charge on any atom is -0.314 e. The van der Waals surface area contributed by atoms with Crippen LogP contribution in [0.15, 0.2) is 24.5 Å². The van der Waals surface area contributed by atoms with Crippen molar-refractivity contribution in [2.24, 2.45) is 5.73 Å². The van der Waals surface area contributed by atoms with Crippen LogP contribution >= 0.6 is 0 Å². The van der Waals surface area contributed by atoms with Crippen LogP contribution < -0.4 is 5.73 Å². The molecule has 0 saturated heterocycles. The average Bonchev–Trinajstić information content (AvgIpc) is 2.05. The fourth-order valence-electron chi connectivity index (χ4n) is 0.667. The van der Waals surface area contributed by atoms with Gasteiger partial charge < -0.3 is 5.73 Å². The molecule has 0 radical (unpaired) electrons. The second-order valence-electron chi connectivity index (χ2n) is 1.92. The third-order valence-electron chi connectivity index (χ3n) is 1.24. The molecular formula is C8H8N2. The van der Waals surface area contributed by atoms with E-state index in [1.165, 1.54) is 0 Å². The first kappa shape index (κ1) is 6.79. The Hall–Kier alpha value is -1.33. The second-order valence-corrected chi connectivity index (χ2v) is 1.92. The van der Waals surface area contributed by atoms with Gasteiger partial charge in [0, 0.05) is 12.4 Å². The molecule has 1 aromatic heterocycles. The van der Waals surface area contributed by atoms with Gasteiger partial charge in [0.25, 0.3) is 0 Å². The minimum atomic E-state index is -0.303. The van der Waals surface area contributed by atoms with E-state index in [2.05, 4.69) is 10.9 Å². The maximum Gasteiger partial charge on any atom is 0.0919 e. The van der Waals surface area contributed by atoms with Gasteiger partial charge in [-0.3, -0.25) is 4.98 Å². The van der Waals surface area contributed by atoms with E-state index in [1.54, 1.807) is 12.4 Å². The van der Waals surface area contributed by atoms with E-state index < -0.39 is 0 Å². The summed E-state index contributed by atoms with van der Waals surface area (Å²) in [6, 6.07) is 3.32. The lowest BCUT2D eigenvalue weighted by molar-refractivity contribution is 0.940. The Morgan fingerprint density at radius 3 is 2.60 bits per heavy atom. The Kier molecular flexibility index (Phi) is 2.03. The van der Waals surface area contributed by atoms with Crippen LogP contribution in [0, 0.1) is 12.3 Å². The third-order valence-corrected chi connectivity index (χ3v) is 1.24. The van der Waals surface area contributed by atoms with E-state index in [4.69, 9.17) is 12.2 Å². The Bertz CT molecular complexity index is 235. The Morgan fingerprint density at radius 2 is 2.10 bits per heavy atom. The fourth-order valence-corrected chi connectivity index (χ4v) is 0.667. The maximum absolute atomic E-state index is 5.53. The van der Waals surface area contributed by atoms with Crippen molar-refractivity contribution in [2.45, 2.75) is 6.04 Å². The number of nitrogens with two attached hydrogens (primary N) is 1. The molecule has 2 heteroatoms. The van der Waals surface area contributed by atoms with E-state index in [0.717, 1.165) is 5.56 Å². The summed E-state index contributed by atoms with van der Waals surface area (Å²) in [6.45, 7) is 0. The van der Waals surface area contributed by atoms with E-state index in [-0.39, 0.29) is 6.04 Å². The van der Waals surface area contributed by atoms with Crippen LogP contribution in [0.1, 0.15) is 11.6 Å². The standard InChI is InChI=1S/C8H8N2/c1-2-8(9)7-3-5-10-6-4-7/h1,3-6,8H,9H2/t8-/m0/s1. The SMILES string of the molecule is C#C[C@H](N)c1ccncc1. The molecule has 50 valence electrons. The van der Waals surface area contributed by atoms with E-state index in [0.29, 0.717) is 0 Å². The van der Waals surface area contributed by atoms with E-state index in [1.807, 2.05) is 12.1 Å². The van der Waals surface area contributed by atoms with E-state index in [9.17, 15) is 0 Å². The maximum atomic E-state index is 5.53. The zero-order valence-electron chi connectivity index (χ0n) is 5.49. The predicted molar refractivity (Wildman–Crippen MR) is 40.0 cm³/mol. The molecule has 0 aliphatic heterocycles. The van der Waals surface area contributed by atoms with Crippen LogP contribution in [0.5, 0.6) is 0 Å². The second kappa shape index (κ2) is 3.00. The molecule has 0 spiro atoms. The van der Waals surface area contributed by atoms with Crippen molar-refractivity contribution in [3.8, 4) is 12.3 Å². The van der Waals surface area contributed by atoms with Crippen LogP contribution in [0.2, 0.25) is 0 Å².